The van der Waals surface area contributed by atoms with Crippen LogP contribution in [0.5, 0.6) is 0 Å². The zero-order valence-electron chi connectivity index (χ0n) is 18.5. The number of hydrogen-bond donors (Lipinski definition) is 1. The first-order chi connectivity index (χ1) is 16.4. The minimum atomic E-state index is -3.31. The monoisotopic (exact) mass is 494 g/mol. The molecule has 1 N–H and O–H groups in total. The van der Waals surface area contributed by atoms with Gasteiger partial charge in [0.1, 0.15) is 11.8 Å². The molecule has 2 aromatic heterocycles. The minimum Gasteiger partial charge on any atom is -0.364 e. The molecule has 0 unspecified atom stereocenters. The van der Waals surface area contributed by atoms with Gasteiger partial charge in [0.05, 0.1) is 24.0 Å². The third kappa shape index (κ3) is 4.76. The van der Waals surface area contributed by atoms with E-state index in [9.17, 15) is 8.42 Å². The maximum atomic E-state index is 11.4. The van der Waals surface area contributed by atoms with Crippen molar-refractivity contribution < 1.29 is 13.2 Å². The maximum Gasteiger partial charge on any atom is 0.229 e. The summed E-state index contributed by atoms with van der Waals surface area (Å²) < 4.78 is 32.7. The standard InChI is InChI=1S/C23H22N6O3S2/c1-32-15-29-20-11-16(3-8-21(20)33-23-22(29)24-9-10-25-23)12-28-13-19(26-14-28)17-4-6-18(7-5-17)27-34(2,30)31/h3-11,13-14,27H,12,15H2,1-2H3. The summed E-state index contributed by atoms with van der Waals surface area (Å²) in [6.07, 6.45) is 8.28. The summed E-state index contributed by atoms with van der Waals surface area (Å²) in [6, 6.07) is 13.5. The van der Waals surface area contributed by atoms with Crippen LogP contribution >= 0.6 is 11.8 Å². The molecular weight excluding hydrogens is 472 g/mol. The first kappa shape index (κ1) is 22.4. The Morgan fingerprint density at radius 1 is 1.06 bits per heavy atom. The van der Waals surface area contributed by atoms with E-state index >= 15 is 0 Å². The van der Waals surface area contributed by atoms with Crippen LogP contribution in [0.4, 0.5) is 17.2 Å². The van der Waals surface area contributed by atoms with Gasteiger partial charge in [0.15, 0.2) is 5.82 Å². The molecule has 0 spiro atoms. The van der Waals surface area contributed by atoms with E-state index < -0.39 is 10.0 Å². The number of aromatic nitrogens is 4. The third-order valence-corrected chi connectivity index (χ3v) is 6.82. The first-order valence-electron chi connectivity index (χ1n) is 10.4. The zero-order valence-corrected chi connectivity index (χ0v) is 20.2. The van der Waals surface area contributed by atoms with Gasteiger partial charge in [-0.05, 0) is 29.8 Å². The molecule has 0 radical (unpaired) electrons. The lowest BCUT2D eigenvalue weighted by atomic mass is 10.1. The van der Waals surface area contributed by atoms with E-state index in [-0.39, 0.29) is 0 Å². The molecule has 0 fully saturated rings. The van der Waals surface area contributed by atoms with Crippen LogP contribution in [-0.4, -0.2) is 48.0 Å². The van der Waals surface area contributed by atoms with Crippen molar-refractivity contribution in [1.29, 1.82) is 0 Å². The summed E-state index contributed by atoms with van der Waals surface area (Å²) in [7, 11) is -1.64. The molecule has 0 atom stereocenters. The normalized spacial score (nSPS) is 12.8. The second-order valence-corrected chi connectivity index (χ2v) is 10.6. The number of nitrogens with one attached hydrogen (secondary N) is 1. The number of nitrogens with zero attached hydrogens (tertiary/aromatic N) is 5. The minimum absolute atomic E-state index is 0.377. The summed E-state index contributed by atoms with van der Waals surface area (Å²) in [5.74, 6) is 0.790. The number of hydrogen-bond acceptors (Lipinski definition) is 8. The van der Waals surface area contributed by atoms with Gasteiger partial charge >= 0.3 is 0 Å². The molecule has 0 bridgehead atoms. The predicted octanol–water partition coefficient (Wildman–Crippen LogP) is 3.97. The Hall–Kier alpha value is -3.41. The molecule has 174 valence electrons. The van der Waals surface area contributed by atoms with Crippen LogP contribution in [0, 0.1) is 0 Å². The third-order valence-electron chi connectivity index (χ3n) is 5.16. The van der Waals surface area contributed by atoms with Crippen molar-refractivity contribution in [3.63, 3.8) is 0 Å². The molecule has 1 aliphatic rings. The van der Waals surface area contributed by atoms with Gasteiger partial charge in [-0.1, -0.05) is 30.0 Å². The molecule has 3 heterocycles. The van der Waals surface area contributed by atoms with Crippen molar-refractivity contribution in [2.45, 2.75) is 16.5 Å². The molecule has 11 heteroatoms. The van der Waals surface area contributed by atoms with Crippen molar-refractivity contribution in [3.8, 4) is 11.3 Å². The highest BCUT2D eigenvalue weighted by molar-refractivity contribution is 7.99. The van der Waals surface area contributed by atoms with Crippen LogP contribution in [0.1, 0.15) is 5.56 Å². The Kier molecular flexibility index (Phi) is 5.98. The zero-order chi connectivity index (χ0) is 23.7. The van der Waals surface area contributed by atoms with E-state index in [0.29, 0.717) is 19.0 Å². The van der Waals surface area contributed by atoms with E-state index in [2.05, 4.69) is 37.9 Å². The lowest BCUT2D eigenvalue weighted by Gasteiger charge is -2.30. The number of benzene rings is 2. The molecule has 1 aliphatic heterocycles. The number of sulfonamides is 1. The topological polar surface area (TPSA) is 102 Å². The predicted molar refractivity (Wildman–Crippen MR) is 132 cm³/mol. The number of rotatable bonds is 7. The van der Waals surface area contributed by atoms with Crippen molar-refractivity contribution in [1.82, 2.24) is 19.5 Å². The molecule has 2 aromatic carbocycles. The molecule has 4 aromatic rings. The molecule has 0 amide bonds. The Labute approximate surface area is 201 Å². The highest BCUT2D eigenvalue weighted by Gasteiger charge is 2.25. The fraction of sp³-hybridized carbons (Fsp3) is 0.174. The number of imidazole rings is 1. The molecule has 34 heavy (non-hydrogen) atoms. The Morgan fingerprint density at radius 2 is 1.85 bits per heavy atom. The van der Waals surface area contributed by atoms with Crippen LogP contribution in [0.15, 0.2) is 77.3 Å². The summed E-state index contributed by atoms with van der Waals surface area (Å²) >= 11 is 1.60. The van der Waals surface area contributed by atoms with Crippen molar-refractivity contribution in [3.05, 3.63) is 72.9 Å². The van der Waals surface area contributed by atoms with Gasteiger partial charge in [-0.3, -0.25) is 9.62 Å². The van der Waals surface area contributed by atoms with Gasteiger partial charge in [-0.2, -0.15) is 0 Å². The van der Waals surface area contributed by atoms with E-state index in [1.54, 1.807) is 49.7 Å². The largest absolute Gasteiger partial charge is 0.364 e. The summed E-state index contributed by atoms with van der Waals surface area (Å²) in [6.45, 7) is 1.02. The van der Waals surface area contributed by atoms with Crippen molar-refractivity contribution in [2.75, 3.05) is 29.7 Å². The molecule has 0 saturated heterocycles. The van der Waals surface area contributed by atoms with E-state index in [1.165, 1.54) is 0 Å². The molecule has 0 saturated carbocycles. The second kappa shape index (κ2) is 9.09. The summed E-state index contributed by atoms with van der Waals surface area (Å²) in [5.41, 5.74) is 4.38. The van der Waals surface area contributed by atoms with Crippen LogP contribution < -0.4 is 9.62 Å². The van der Waals surface area contributed by atoms with Gasteiger partial charge in [-0.25, -0.2) is 23.4 Å². The Bertz CT molecular complexity index is 1440. The van der Waals surface area contributed by atoms with Crippen LogP contribution in [0.2, 0.25) is 0 Å². The van der Waals surface area contributed by atoms with Crippen molar-refractivity contribution in [2.24, 2.45) is 0 Å². The Balaban J connectivity index is 1.36. The van der Waals surface area contributed by atoms with Crippen LogP contribution in [0.25, 0.3) is 11.3 Å². The fourth-order valence-electron chi connectivity index (χ4n) is 3.74. The lowest BCUT2D eigenvalue weighted by Crippen LogP contribution is -2.24. The van der Waals surface area contributed by atoms with Gasteiger partial charge in [0.2, 0.25) is 10.0 Å². The summed E-state index contributed by atoms with van der Waals surface area (Å²) in [5, 5.41) is 0.858. The highest BCUT2D eigenvalue weighted by Crippen LogP contribution is 2.46. The second-order valence-electron chi connectivity index (χ2n) is 7.82. The molecule has 0 aliphatic carbocycles. The molecular formula is C23H22N6O3S2. The van der Waals surface area contributed by atoms with E-state index in [4.69, 9.17) is 4.74 Å². The number of ether oxygens (including phenoxy) is 1. The SMILES string of the molecule is COCN1c2cc(Cn3cnc(-c4ccc(NS(C)(=O)=O)cc4)c3)ccc2Sc2nccnc21. The number of methoxy groups -OCH3 is 1. The Morgan fingerprint density at radius 3 is 2.62 bits per heavy atom. The number of fused-ring (bicyclic) bond motifs is 2. The summed E-state index contributed by atoms with van der Waals surface area (Å²) in [4.78, 5) is 16.6. The molecule has 5 rings (SSSR count). The first-order valence-corrected chi connectivity index (χ1v) is 13.1. The van der Waals surface area contributed by atoms with Gasteiger partial charge in [-0.15, -0.1) is 0 Å². The lowest BCUT2D eigenvalue weighted by molar-refractivity contribution is 0.204. The quantitative estimate of drug-likeness (QED) is 0.412. The average Bonchev–Trinajstić information content (AvgIpc) is 3.27. The maximum absolute atomic E-state index is 11.4. The van der Waals surface area contributed by atoms with Gasteiger partial charge < -0.3 is 9.30 Å². The van der Waals surface area contributed by atoms with E-state index in [0.717, 1.165) is 44.5 Å². The van der Waals surface area contributed by atoms with Crippen LogP contribution in [0.3, 0.4) is 0 Å². The van der Waals surface area contributed by atoms with Crippen LogP contribution in [-0.2, 0) is 21.3 Å². The number of anilines is 3. The van der Waals surface area contributed by atoms with E-state index in [1.807, 2.05) is 27.8 Å². The fourth-order valence-corrected chi connectivity index (χ4v) is 5.29. The molecule has 9 nitrogen and oxygen atoms in total. The van der Waals surface area contributed by atoms with Gasteiger partial charge in [0, 0.05) is 48.4 Å². The van der Waals surface area contributed by atoms with Crippen molar-refractivity contribution >= 4 is 39.0 Å². The average molecular weight is 495 g/mol. The van der Waals surface area contributed by atoms with Gasteiger partial charge in [0.25, 0.3) is 0 Å². The smallest absolute Gasteiger partial charge is 0.229 e. The highest BCUT2D eigenvalue weighted by atomic mass is 32.2.